The lowest BCUT2D eigenvalue weighted by molar-refractivity contribution is 0.506. The maximum Gasteiger partial charge on any atom is -0.0106 e. The Bertz CT molecular complexity index is 6220. The van der Waals surface area contributed by atoms with E-state index in [1.54, 1.807) is 5.56 Å². The summed E-state index contributed by atoms with van der Waals surface area (Å²) in [5.74, 6) is 1.42. The molecule has 0 bridgehead atoms. The first-order valence-electron chi connectivity index (χ1n) is 56.5. The zero-order valence-electron chi connectivity index (χ0n) is 97.2. The first-order chi connectivity index (χ1) is 71.0. The average Bonchev–Trinajstić information content (AvgIpc) is 0.793. The molecule has 0 atom stereocenters. The van der Waals surface area contributed by atoms with E-state index in [-0.39, 0.29) is 0 Å². The first kappa shape index (κ1) is 125. The quantitative estimate of drug-likeness (QED) is 0.0566. The molecule has 0 fully saturated rings. The minimum Gasteiger partial charge on any atom is -0.0651 e. The molecule has 0 heterocycles. The van der Waals surface area contributed by atoms with Crippen LogP contribution < -0.4 is 0 Å². The summed E-state index contributed by atoms with van der Waals surface area (Å²) in [7, 11) is 0. The summed E-state index contributed by atoms with van der Waals surface area (Å²) >= 11 is 0. The molecule has 17 aromatic rings. The lowest BCUT2D eigenvalue weighted by Gasteiger charge is -2.23. The molecular weight excluding hydrogens is 1770 g/mol. The van der Waals surface area contributed by atoms with Crippen molar-refractivity contribution < 1.29 is 0 Å². The second kappa shape index (κ2) is 72.2. The summed E-state index contributed by atoms with van der Waals surface area (Å²) in [5, 5.41) is 11.1. The highest BCUT2D eigenvalue weighted by Gasteiger charge is 2.17. The lowest BCUT2D eigenvalue weighted by Crippen LogP contribution is -2.15. The lowest BCUT2D eigenvalue weighted by atomic mass is 9.82. The number of aryl methyl sites for hydroxylation is 22. The molecule has 0 aliphatic heterocycles. The average molecular weight is 1960 g/mol. The summed E-state index contributed by atoms with van der Waals surface area (Å²) in [4.78, 5) is 0. The summed E-state index contributed by atoms with van der Waals surface area (Å²) < 4.78 is 0. The van der Waals surface area contributed by atoms with E-state index in [2.05, 4.69) is 565 Å². The number of fused-ring (bicyclic) bond motifs is 4. The number of hydrogen-bond donors (Lipinski definition) is 0. The molecule has 780 valence electrons. The van der Waals surface area contributed by atoms with Crippen LogP contribution in [-0.2, 0) is 108 Å². The Balaban J connectivity index is 0.000000281. The van der Waals surface area contributed by atoms with Gasteiger partial charge < -0.3 is 0 Å². The fourth-order valence-corrected chi connectivity index (χ4v) is 17.5. The Morgan fingerprint density at radius 1 is 0.197 bits per heavy atom. The molecule has 0 spiro atoms. The van der Waals surface area contributed by atoms with Crippen LogP contribution in [0.2, 0.25) is 0 Å². The molecule has 0 N–H and O–H groups in total. The highest BCUT2D eigenvalue weighted by Crippen LogP contribution is 2.29. The predicted octanol–water partition coefficient (Wildman–Crippen LogP) is 42.7. The third kappa shape index (κ3) is 47.7. The maximum atomic E-state index is 2.32. The predicted molar refractivity (Wildman–Crippen MR) is 662 cm³/mol. The molecule has 0 radical (unpaired) electrons. The van der Waals surface area contributed by atoms with Gasteiger partial charge in [-0.15, -0.1) is 0 Å². The number of rotatable bonds is 24. The molecule has 147 heavy (non-hydrogen) atoms. The standard InChI is InChI=1S/C14H16.3C13H14.C13H20.2C12H18.3C10H14.3C9H12/c1-3-11-5-7-14-10-12(4-2)6-8-13(14)9-11;1-3-11-7-5-8-12-10(2)6-4-9-13(11)12;1-3-11-8-10(2)9-12-6-4-5-7-13(11)12;1-3-11-9-8-10(2)12-6-4-5-7-13(11)12;1-5-11-7-9-12(10-8-11)13(3,4)6-2;1-4-6-12-9-10(3)7-8-11(12)5-2;1-3-5-11-7-9-12(6-4-2)10-8-11;1-9(2)8-10-6-4-3-5-7-10;1-3-4-10-7-5-9(2)6-8-10;1-3-9-5-7-10(4-2)8-6-9;1-8(2)9-6-4-3-5-7-9;1-3-9-6-4-8(2)5-7-9;1-3-9-6-4-5-8(2)7-9/h5-10H,3-4H2,1-2H3;3*4-9H,3H2,1-2H3;7-10H,5-6H2,1-4H3;7-9H,4-6H2,1-3H3;7-10H,3-6H2,1-2H3;3-7,9H,8H2,1-2H3;2*5-8H,3-4H2,1-2H3;3-8H,1-2H3;2*4-7H,3H2,1-2H3. The van der Waals surface area contributed by atoms with Gasteiger partial charge in [0.25, 0.3) is 0 Å². The van der Waals surface area contributed by atoms with Gasteiger partial charge >= 0.3 is 0 Å². The van der Waals surface area contributed by atoms with E-state index in [9.17, 15) is 0 Å². The van der Waals surface area contributed by atoms with Crippen molar-refractivity contribution in [2.75, 3.05) is 0 Å². The van der Waals surface area contributed by atoms with Gasteiger partial charge in [-0.3, -0.25) is 0 Å². The first-order valence-corrected chi connectivity index (χ1v) is 56.5. The zero-order chi connectivity index (χ0) is 108. The van der Waals surface area contributed by atoms with Crippen molar-refractivity contribution in [3.63, 3.8) is 0 Å². The monoisotopic (exact) mass is 1960 g/mol. The van der Waals surface area contributed by atoms with Crippen LogP contribution in [0.5, 0.6) is 0 Å². The van der Waals surface area contributed by atoms with E-state index < -0.39 is 0 Å². The molecule has 0 amide bonds. The number of benzene rings is 17. The van der Waals surface area contributed by atoms with Crippen molar-refractivity contribution in [3.8, 4) is 0 Å². The fraction of sp³-hybridized carbons (Fsp3) is 0.361. The summed E-state index contributed by atoms with van der Waals surface area (Å²) in [6, 6.07) is 134. The second-order valence-corrected chi connectivity index (χ2v) is 40.7. The van der Waals surface area contributed by atoms with E-state index in [1.807, 2.05) is 6.07 Å². The molecular formula is C147H192. The highest BCUT2D eigenvalue weighted by molar-refractivity contribution is 5.90. The van der Waals surface area contributed by atoms with Crippen molar-refractivity contribution in [3.05, 3.63) is 509 Å². The smallest absolute Gasteiger partial charge is 0.0106 e. The zero-order valence-corrected chi connectivity index (χ0v) is 97.2. The van der Waals surface area contributed by atoms with Gasteiger partial charge in [-0.05, 0) is 329 Å². The Morgan fingerprint density at radius 2 is 0.531 bits per heavy atom. The minimum atomic E-state index is 0.326. The molecule has 17 aromatic carbocycles. The van der Waals surface area contributed by atoms with E-state index >= 15 is 0 Å². The molecule has 0 saturated heterocycles. The maximum absolute atomic E-state index is 2.32. The van der Waals surface area contributed by atoms with Crippen molar-refractivity contribution in [2.24, 2.45) is 5.92 Å². The van der Waals surface area contributed by atoms with Gasteiger partial charge in [-0.2, -0.15) is 0 Å². The van der Waals surface area contributed by atoms with Crippen LogP contribution in [0.15, 0.2) is 370 Å². The molecule has 0 heteroatoms. The summed E-state index contributed by atoms with van der Waals surface area (Å²) in [6.45, 7) is 63.8. The number of hydrogen-bond acceptors (Lipinski definition) is 0. The molecule has 0 saturated carbocycles. The molecule has 0 nitrogen and oxygen atoms in total. The largest absolute Gasteiger partial charge is 0.0651 e. The van der Waals surface area contributed by atoms with Crippen molar-refractivity contribution in [1.29, 1.82) is 0 Å². The van der Waals surface area contributed by atoms with Crippen molar-refractivity contribution >= 4 is 43.1 Å². The van der Waals surface area contributed by atoms with Gasteiger partial charge in [0.1, 0.15) is 0 Å². The van der Waals surface area contributed by atoms with E-state index in [0.717, 1.165) is 76.5 Å². The normalized spacial score (nSPS) is 10.4. The molecule has 0 aliphatic carbocycles. The van der Waals surface area contributed by atoms with Crippen molar-refractivity contribution in [1.82, 2.24) is 0 Å². The van der Waals surface area contributed by atoms with Gasteiger partial charge in [0.05, 0.1) is 0 Å². The SMILES string of the molecule is CC(C)Cc1ccccc1.CC(C)c1ccccc1.CCCc1cc(C)ccc1CC.CCCc1ccc(C)cc1.CCCc1ccc(CCC)cc1.CCc1cc(C)cc2ccccc12.CCc1ccc(C(C)(C)CC)cc1.CCc1ccc(C)c2ccccc12.CCc1ccc(C)cc1.CCc1ccc(CC)cc1.CCc1ccc2cc(CC)ccc2c1.CCc1cccc(C)c1.CCc1cccc2c(C)cccc12. The third-order valence-corrected chi connectivity index (χ3v) is 27.3. The van der Waals surface area contributed by atoms with Crippen LogP contribution in [0.4, 0.5) is 0 Å². The van der Waals surface area contributed by atoms with Crippen LogP contribution in [0.3, 0.4) is 0 Å². The second-order valence-electron chi connectivity index (χ2n) is 40.7. The fourth-order valence-electron chi connectivity index (χ4n) is 17.5. The molecule has 0 aliphatic rings. The molecule has 17 rings (SSSR count). The third-order valence-electron chi connectivity index (χ3n) is 27.3. The van der Waals surface area contributed by atoms with E-state index in [1.165, 1.54) is 241 Å². The van der Waals surface area contributed by atoms with Crippen LogP contribution >= 0.6 is 0 Å². The Hall–Kier alpha value is -12.2. The van der Waals surface area contributed by atoms with Gasteiger partial charge in [0.15, 0.2) is 0 Å². The summed E-state index contributed by atoms with van der Waals surface area (Å²) in [5.41, 5.74) is 35.9. The van der Waals surface area contributed by atoms with Gasteiger partial charge in [0, 0.05) is 0 Å². The van der Waals surface area contributed by atoms with Crippen LogP contribution in [0.25, 0.3) is 43.1 Å². The van der Waals surface area contributed by atoms with Crippen LogP contribution in [0, 0.1) is 54.4 Å². The van der Waals surface area contributed by atoms with Gasteiger partial charge in [0.2, 0.25) is 0 Å². The Labute approximate surface area is 898 Å². The molecule has 0 unspecified atom stereocenters. The van der Waals surface area contributed by atoms with Gasteiger partial charge in [-0.25, -0.2) is 0 Å². The van der Waals surface area contributed by atoms with E-state index in [0.29, 0.717) is 11.3 Å². The minimum absolute atomic E-state index is 0.326. The van der Waals surface area contributed by atoms with Gasteiger partial charge in [-0.1, -0.05) is 576 Å². The summed E-state index contributed by atoms with van der Waals surface area (Å²) in [6.07, 6.45) is 24.7. The topological polar surface area (TPSA) is 0 Å². The Kier molecular flexibility index (Phi) is 61.5. The van der Waals surface area contributed by atoms with Crippen LogP contribution in [-0.4, -0.2) is 0 Å². The van der Waals surface area contributed by atoms with Crippen LogP contribution in [0.1, 0.15) is 329 Å². The Morgan fingerprint density at radius 3 is 0.952 bits per heavy atom. The van der Waals surface area contributed by atoms with Crippen molar-refractivity contribution in [2.45, 2.75) is 347 Å². The van der Waals surface area contributed by atoms with E-state index in [4.69, 9.17) is 0 Å². The highest BCUT2D eigenvalue weighted by atomic mass is 14.2. The molecule has 0 aromatic heterocycles.